The van der Waals surface area contributed by atoms with Gasteiger partial charge in [-0.3, -0.25) is 4.63 Å². The van der Waals surface area contributed by atoms with Crippen LogP contribution in [0.3, 0.4) is 0 Å². The van der Waals surface area contributed by atoms with Crippen molar-refractivity contribution in [2.75, 3.05) is 5.75 Å². The Morgan fingerprint density at radius 2 is 2.43 bits per heavy atom. The smallest absolute Gasteiger partial charge is 0.262 e. The Balaban J connectivity index is 2.44. The molecule has 0 amide bonds. The largest absolute Gasteiger partial charge is 0.359 e. The van der Waals surface area contributed by atoms with E-state index in [1.165, 1.54) is 0 Å². The van der Waals surface area contributed by atoms with E-state index in [-0.39, 0.29) is 0 Å². The molecule has 74 valence electrons. The van der Waals surface area contributed by atoms with Gasteiger partial charge in [0.1, 0.15) is 0 Å². The van der Waals surface area contributed by atoms with Crippen LogP contribution >= 0.6 is 11.8 Å². The van der Waals surface area contributed by atoms with Gasteiger partial charge in [0.05, 0.1) is 4.90 Å². The van der Waals surface area contributed by atoms with Crippen molar-refractivity contribution in [3.05, 3.63) is 23.4 Å². The van der Waals surface area contributed by atoms with Gasteiger partial charge in [-0.2, -0.15) is 0 Å². The standard InChI is InChI=1S/C9H10N2O2S/c1-2-6-14-8-5-3-4-7-9(8)10-13-11(7)12/h3-5H,2,6H2,1H3. The second-order valence-electron chi connectivity index (χ2n) is 2.90. The molecule has 0 atom stereocenters. The molecule has 1 aromatic carbocycles. The van der Waals surface area contributed by atoms with Crippen LogP contribution in [0.15, 0.2) is 27.7 Å². The number of hydrogen-bond acceptors (Lipinski definition) is 4. The molecule has 0 saturated carbocycles. The van der Waals surface area contributed by atoms with Gasteiger partial charge in [0, 0.05) is 5.16 Å². The SMILES string of the molecule is CCCSc1cccc2c1no[n+]2[O-]. The van der Waals surface area contributed by atoms with E-state index in [0.29, 0.717) is 15.9 Å². The van der Waals surface area contributed by atoms with Gasteiger partial charge < -0.3 is 5.21 Å². The third-order valence-corrected chi connectivity index (χ3v) is 3.10. The lowest BCUT2D eigenvalue weighted by atomic mass is 10.3. The fraction of sp³-hybridized carbons (Fsp3) is 0.333. The van der Waals surface area contributed by atoms with Gasteiger partial charge in [0.15, 0.2) is 0 Å². The molecule has 1 heterocycles. The van der Waals surface area contributed by atoms with Crippen LogP contribution in [0.4, 0.5) is 0 Å². The average Bonchev–Trinajstić information content (AvgIpc) is 2.58. The molecule has 0 radical (unpaired) electrons. The summed E-state index contributed by atoms with van der Waals surface area (Å²) in [6.45, 7) is 2.11. The molecule has 4 nitrogen and oxygen atoms in total. The first-order chi connectivity index (χ1) is 6.83. The van der Waals surface area contributed by atoms with Gasteiger partial charge in [0.2, 0.25) is 5.52 Å². The number of rotatable bonds is 3. The van der Waals surface area contributed by atoms with Crippen molar-refractivity contribution < 1.29 is 9.53 Å². The lowest BCUT2D eigenvalue weighted by Gasteiger charge is -1.95. The summed E-state index contributed by atoms with van der Waals surface area (Å²) in [6.07, 6.45) is 1.09. The van der Waals surface area contributed by atoms with Crippen molar-refractivity contribution >= 4 is 22.8 Å². The van der Waals surface area contributed by atoms with Crippen LogP contribution in [0.5, 0.6) is 0 Å². The lowest BCUT2D eigenvalue weighted by Crippen LogP contribution is -2.22. The second kappa shape index (κ2) is 3.88. The monoisotopic (exact) mass is 210 g/mol. The molecule has 14 heavy (non-hydrogen) atoms. The summed E-state index contributed by atoms with van der Waals surface area (Å²) in [4.78, 5) is 1.44. The van der Waals surface area contributed by atoms with Crippen molar-refractivity contribution in [1.29, 1.82) is 0 Å². The minimum Gasteiger partial charge on any atom is -0.359 e. The number of fused-ring (bicyclic) bond motifs is 1. The molecule has 0 aliphatic carbocycles. The van der Waals surface area contributed by atoms with Crippen LogP contribution in [0, 0.1) is 5.21 Å². The molecule has 0 aliphatic rings. The van der Waals surface area contributed by atoms with Crippen LogP contribution in [0.25, 0.3) is 11.0 Å². The first-order valence-corrected chi connectivity index (χ1v) is 5.42. The highest BCUT2D eigenvalue weighted by Crippen LogP contribution is 2.25. The van der Waals surface area contributed by atoms with Crippen LogP contribution in [-0.2, 0) is 0 Å². The zero-order chi connectivity index (χ0) is 9.97. The lowest BCUT2D eigenvalue weighted by molar-refractivity contribution is -0.782. The van der Waals surface area contributed by atoms with Crippen LogP contribution < -0.4 is 4.90 Å². The zero-order valence-corrected chi connectivity index (χ0v) is 8.58. The summed E-state index contributed by atoms with van der Waals surface area (Å²) >= 11 is 1.69. The molecule has 1 aromatic heterocycles. The fourth-order valence-corrected chi connectivity index (χ4v) is 2.08. The van der Waals surface area contributed by atoms with Crippen LogP contribution in [0.1, 0.15) is 13.3 Å². The Morgan fingerprint density at radius 1 is 1.57 bits per heavy atom. The number of aromatic nitrogens is 2. The molecule has 0 bridgehead atoms. The highest BCUT2D eigenvalue weighted by molar-refractivity contribution is 7.99. The Hall–Kier alpha value is -1.23. The number of benzene rings is 1. The Labute approximate surface area is 85.4 Å². The summed E-state index contributed by atoms with van der Waals surface area (Å²) in [7, 11) is 0. The normalized spacial score (nSPS) is 10.9. The van der Waals surface area contributed by atoms with Gasteiger partial charge in [-0.15, -0.1) is 11.8 Å². The van der Waals surface area contributed by atoms with Gasteiger partial charge in [-0.1, -0.05) is 13.0 Å². The maximum atomic E-state index is 11.1. The van der Waals surface area contributed by atoms with E-state index in [9.17, 15) is 5.21 Å². The van der Waals surface area contributed by atoms with Crippen molar-refractivity contribution in [2.45, 2.75) is 18.2 Å². The zero-order valence-electron chi connectivity index (χ0n) is 7.77. The first-order valence-electron chi connectivity index (χ1n) is 4.44. The summed E-state index contributed by atoms with van der Waals surface area (Å²) < 4.78 is 4.53. The van der Waals surface area contributed by atoms with E-state index in [1.54, 1.807) is 17.8 Å². The van der Waals surface area contributed by atoms with E-state index < -0.39 is 0 Å². The summed E-state index contributed by atoms with van der Waals surface area (Å²) in [6, 6.07) is 5.49. The van der Waals surface area contributed by atoms with Crippen LogP contribution in [-0.4, -0.2) is 10.9 Å². The summed E-state index contributed by atoms with van der Waals surface area (Å²) in [5, 5.41) is 14.8. The van der Waals surface area contributed by atoms with Crippen molar-refractivity contribution in [1.82, 2.24) is 5.16 Å². The molecular formula is C9H10N2O2S. The molecule has 0 saturated heterocycles. The molecule has 5 heteroatoms. The third-order valence-electron chi connectivity index (χ3n) is 1.84. The van der Waals surface area contributed by atoms with Gasteiger partial charge in [-0.25, -0.2) is 0 Å². The van der Waals surface area contributed by atoms with E-state index in [1.807, 2.05) is 12.1 Å². The number of thioether (sulfide) groups is 1. The maximum Gasteiger partial charge on any atom is 0.262 e. The van der Waals surface area contributed by atoms with E-state index in [4.69, 9.17) is 0 Å². The molecule has 0 N–H and O–H groups in total. The minimum absolute atomic E-state index is 0.436. The Kier molecular flexibility index (Phi) is 2.58. The number of hydrogen-bond donors (Lipinski definition) is 0. The highest BCUT2D eigenvalue weighted by Gasteiger charge is 2.13. The average molecular weight is 210 g/mol. The van der Waals surface area contributed by atoms with Gasteiger partial charge >= 0.3 is 0 Å². The van der Waals surface area contributed by atoms with Crippen molar-refractivity contribution in [3.63, 3.8) is 0 Å². The quantitative estimate of drug-likeness (QED) is 0.574. The maximum absolute atomic E-state index is 11.1. The first kappa shape index (κ1) is 9.33. The van der Waals surface area contributed by atoms with Crippen LogP contribution in [0.2, 0.25) is 0 Å². The summed E-state index contributed by atoms with van der Waals surface area (Å²) in [5.74, 6) is 1.02. The van der Waals surface area contributed by atoms with Crippen molar-refractivity contribution in [3.8, 4) is 0 Å². The van der Waals surface area contributed by atoms with Crippen molar-refractivity contribution in [2.24, 2.45) is 0 Å². The molecule has 0 spiro atoms. The van der Waals surface area contributed by atoms with Gasteiger partial charge in [-0.05, 0) is 29.2 Å². The Morgan fingerprint density at radius 3 is 3.21 bits per heavy atom. The number of nitrogens with zero attached hydrogens (tertiary/aromatic N) is 2. The molecule has 0 aliphatic heterocycles. The fourth-order valence-electron chi connectivity index (χ4n) is 1.20. The molecule has 0 fully saturated rings. The van der Waals surface area contributed by atoms with Gasteiger partial charge in [0.25, 0.3) is 5.52 Å². The molecule has 0 unspecified atom stereocenters. The molecule has 2 aromatic rings. The Bertz CT molecular complexity index is 441. The molecular weight excluding hydrogens is 200 g/mol. The third kappa shape index (κ3) is 1.55. The predicted molar refractivity (Wildman–Crippen MR) is 54.0 cm³/mol. The van der Waals surface area contributed by atoms with E-state index >= 15 is 0 Å². The molecule has 2 rings (SSSR count). The summed E-state index contributed by atoms with van der Waals surface area (Å²) in [5.41, 5.74) is 1.15. The van der Waals surface area contributed by atoms with E-state index in [2.05, 4.69) is 16.7 Å². The van der Waals surface area contributed by atoms with E-state index in [0.717, 1.165) is 17.1 Å². The highest BCUT2D eigenvalue weighted by atomic mass is 32.2. The second-order valence-corrected chi connectivity index (χ2v) is 4.04. The predicted octanol–water partition coefficient (Wildman–Crippen LogP) is 1.96. The minimum atomic E-state index is 0.436. The topological polar surface area (TPSA) is 53.0 Å².